The molecule has 1 aromatic heterocycles. The topological polar surface area (TPSA) is 34.1 Å². The van der Waals surface area contributed by atoms with Gasteiger partial charge in [-0.15, -0.1) is 11.3 Å². The average Bonchev–Trinajstić information content (AvgIpc) is 2.75. The zero-order valence-corrected chi connectivity index (χ0v) is 10.9. The fourth-order valence-corrected chi connectivity index (χ4v) is 2.20. The van der Waals surface area contributed by atoms with E-state index in [9.17, 15) is 0 Å². The van der Waals surface area contributed by atoms with Crippen LogP contribution in [-0.4, -0.2) is 12.0 Å². The average molecular weight is 248 g/mol. The molecule has 2 aromatic rings. The first kappa shape index (κ1) is 12.1. The minimum Gasteiger partial charge on any atom is -0.486 e. The lowest BCUT2D eigenvalue weighted by molar-refractivity contribution is 0.305. The zero-order chi connectivity index (χ0) is 12.1. The van der Waals surface area contributed by atoms with Gasteiger partial charge in [0.15, 0.2) is 0 Å². The van der Waals surface area contributed by atoms with Gasteiger partial charge in [0, 0.05) is 17.6 Å². The van der Waals surface area contributed by atoms with Crippen LogP contribution < -0.4 is 10.1 Å². The van der Waals surface area contributed by atoms with E-state index >= 15 is 0 Å². The fraction of sp³-hybridized carbons (Fsp3) is 0.308. The molecule has 0 fully saturated rings. The summed E-state index contributed by atoms with van der Waals surface area (Å²) in [6.07, 6.45) is 0. The van der Waals surface area contributed by atoms with Gasteiger partial charge in [0.1, 0.15) is 17.4 Å². The van der Waals surface area contributed by atoms with Crippen molar-refractivity contribution in [1.82, 2.24) is 10.3 Å². The lowest BCUT2D eigenvalue weighted by Gasteiger charge is -2.05. The highest BCUT2D eigenvalue weighted by molar-refractivity contribution is 7.09. The molecule has 0 saturated heterocycles. The number of aryl methyl sites for hydroxylation is 1. The molecule has 0 amide bonds. The molecule has 0 aliphatic carbocycles. The van der Waals surface area contributed by atoms with Crippen LogP contribution in [0.5, 0.6) is 5.75 Å². The first-order valence-corrected chi connectivity index (χ1v) is 6.43. The van der Waals surface area contributed by atoms with Crippen molar-refractivity contribution in [2.24, 2.45) is 0 Å². The Balaban J connectivity index is 1.90. The second-order valence-electron chi connectivity index (χ2n) is 3.85. The summed E-state index contributed by atoms with van der Waals surface area (Å²) in [7, 11) is 1.94. The summed E-state index contributed by atoms with van der Waals surface area (Å²) in [6.45, 7) is 3.42. The van der Waals surface area contributed by atoms with E-state index in [0.29, 0.717) is 6.61 Å². The smallest absolute Gasteiger partial charge is 0.140 e. The molecule has 0 aliphatic rings. The molecule has 1 N–H and O–H groups in total. The van der Waals surface area contributed by atoms with E-state index in [0.717, 1.165) is 23.0 Å². The third-order valence-electron chi connectivity index (χ3n) is 2.33. The number of ether oxygens (including phenoxy) is 1. The van der Waals surface area contributed by atoms with E-state index < -0.39 is 0 Å². The Bertz CT molecular complexity index is 465. The van der Waals surface area contributed by atoms with Gasteiger partial charge in [0.2, 0.25) is 0 Å². The van der Waals surface area contributed by atoms with Gasteiger partial charge < -0.3 is 10.1 Å². The summed E-state index contributed by atoms with van der Waals surface area (Å²) in [4.78, 5) is 4.36. The number of hydrogen-bond acceptors (Lipinski definition) is 4. The highest BCUT2D eigenvalue weighted by Gasteiger charge is 2.00. The van der Waals surface area contributed by atoms with Gasteiger partial charge in [-0.2, -0.15) is 0 Å². The molecule has 0 atom stereocenters. The molecule has 3 nitrogen and oxygen atoms in total. The van der Waals surface area contributed by atoms with Crippen LogP contribution in [0.4, 0.5) is 0 Å². The third kappa shape index (κ3) is 3.54. The van der Waals surface area contributed by atoms with Crippen molar-refractivity contribution < 1.29 is 4.74 Å². The van der Waals surface area contributed by atoms with Gasteiger partial charge in [0.25, 0.3) is 0 Å². The molecule has 0 spiro atoms. The van der Waals surface area contributed by atoms with E-state index in [1.807, 2.05) is 31.5 Å². The number of nitrogens with one attached hydrogen (secondary N) is 1. The Morgan fingerprint density at radius 2 is 2.06 bits per heavy atom. The highest BCUT2D eigenvalue weighted by Crippen LogP contribution is 2.16. The minimum atomic E-state index is 0.546. The summed E-state index contributed by atoms with van der Waals surface area (Å²) >= 11 is 1.63. The van der Waals surface area contributed by atoms with E-state index in [4.69, 9.17) is 4.74 Å². The molecule has 0 saturated carbocycles. The molecule has 17 heavy (non-hydrogen) atoms. The van der Waals surface area contributed by atoms with Gasteiger partial charge in [-0.1, -0.05) is 12.1 Å². The molecule has 90 valence electrons. The zero-order valence-electron chi connectivity index (χ0n) is 10.1. The van der Waals surface area contributed by atoms with Crippen LogP contribution in [0.2, 0.25) is 0 Å². The van der Waals surface area contributed by atoms with Gasteiger partial charge in [-0.05, 0) is 31.7 Å². The van der Waals surface area contributed by atoms with Crippen molar-refractivity contribution in [3.8, 4) is 5.75 Å². The first-order valence-electron chi connectivity index (χ1n) is 5.55. The molecule has 0 bridgehead atoms. The fourth-order valence-electron chi connectivity index (χ4n) is 1.52. The van der Waals surface area contributed by atoms with Crippen LogP contribution in [-0.2, 0) is 13.2 Å². The maximum Gasteiger partial charge on any atom is 0.140 e. The molecule has 0 aliphatic heterocycles. The van der Waals surface area contributed by atoms with E-state index in [2.05, 4.69) is 22.4 Å². The number of thiazole rings is 1. The van der Waals surface area contributed by atoms with Crippen molar-refractivity contribution in [2.75, 3.05) is 7.05 Å². The molecule has 0 unspecified atom stereocenters. The molecule has 4 heteroatoms. The van der Waals surface area contributed by atoms with Crippen molar-refractivity contribution >= 4 is 11.3 Å². The Hall–Kier alpha value is -1.39. The van der Waals surface area contributed by atoms with Crippen LogP contribution >= 0.6 is 11.3 Å². The molecular weight excluding hydrogens is 232 g/mol. The lowest BCUT2D eigenvalue weighted by Crippen LogP contribution is -2.04. The van der Waals surface area contributed by atoms with Crippen LogP contribution in [0.25, 0.3) is 0 Å². The Morgan fingerprint density at radius 1 is 1.29 bits per heavy atom. The minimum absolute atomic E-state index is 0.546. The summed E-state index contributed by atoms with van der Waals surface area (Å²) in [6, 6.07) is 8.12. The maximum atomic E-state index is 5.67. The summed E-state index contributed by atoms with van der Waals surface area (Å²) < 4.78 is 5.67. The second kappa shape index (κ2) is 5.80. The van der Waals surface area contributed by atoms with E-state index in [1.54, 1.807) is 11.3 Å². The van der Waals surface area contributed by atoms with Gasteiger partial charge in [-0.25, -0.2) is 4.98 Å². The van der Waals surface area contributed by atoms with Crippen molar-refractivity contribution in [3.63, 3.8) is 0 Å². The standard InChI is InChI=1S/C13H16N2OS/c1-10-9-17-13(15-10)8-16-12-5-3-11(4-6-12)7-14-2/h3-6,9,14H,7-8H2,1-2H3. The van der Waals surface area contributed by atoms with Gasteiger partial charge in [-0.3, -0.25) is 0 Å². The molecule has 1 aromatic carbocycles. The third-order valence-corrected chi connectivity index (χ3v) is 3.27. The molecule has 1 heterocycles. The lowest BCUT2D eigenvalue weighted by atomic mass is 10.2. The summed E-state index contributed by atoms with van der Waals surface area (Å²) in [5.41, 5.74) is 2.31. The van der Waals surface area contributed by atoms with E-state index in [1.165, 1.54) is 5.56 Å². The molecule has 2 rings (SSSR count). The largest absolute Gasteiger partial charge is 0.486 e. The maximum absolute atomic E-state index is 5.67. The predicted octanol–water partition coefficient (Wildman–Crippen LogP) is 2.75. The first-order chi connectivity index (χ1) is 8.28. The monoisotopic (exact) mass is 248 g/mol. The highest BCUT2D eigenvalue weighted by atomic mass is 32.1. The number of rotatable bonds is 5. The van der Waals surface area contributed by atoms with Crippen LogP contribution in [0, 0.1) is 6.92 Å². The van der Waals surface area contributed by atoms with Crippen LogP contribution in [0.15, 0.2) is 29.6 Å². The van der Waals surface area contributed by atoms with Gasteiger partial charge in [0.05, 0.1) is 0 Å². The number of benzene rings is 1. The van der Waals surface area contributed by atoms with Crippen LogP contribution in [0.1, 0.15) is 16.3 Å². The quantitative estimate of drug-likeness (QED) is 0.883. The molecular formula is C13H16N2OS. The summed E-state index contributed by atoms with van der Waals surface area (Å²) in [5.74, 6) is 0.887. The van der Waals surface area contributed by atoms with Crippen LogP contribution in [0.3, 0.4) is 0 Å². The number of nitrogens with zero attached hydrogens (tertiary/aromatic N) is 1. The van der Waals surface area contributed by atoms with Crippen molar-refractivity contribution in [2.45, 2.75) is 20.1 Å². The Kier molecular flexibility index (Phi) is 4.12. The number of hydrogen-bond donors (Lipinski definition) is 1. The second-order valence-corrected chi connectivity index (χ2v) is 4.79. The van der Waals surface area contributed by atoms with Gasteiger partial charge >= 0.3 is 0 Å². The number of aromatic nitrogens is 1. The Labute approximate surface area is 105 Å². The molecule has 0 radical (unpaired) electrons. The van der Waals surface area contributed by atoms with Crippen molar-refractivity contribution in [3.05, 3.63) is 45.9 Å². The SMILES string of the molecule is CNCc1ccc(OCc2nc(C)cs2)cc1. The van der Waals surface area contributed by atoms with Crippen molar-refractivity contribution in [1.29, 1.82) is 0 Å². The predicted molar refractivity (Wildman–Crippen MR) is 70.4 cm³/mol. The van der Waals surface area contributed by atoms with E-state index in [-0.39, 0.29) is 0 Å². The summed E-state index contributed by atoms with van der Waals surface area (Å²) in [5, 5.41) is 6.17. The Morgan fingerprint density at radius 3 is 2.65 bits per heavy atom. The normalized spacial score (nSPS) is 10.5.